The van der Waals surface area contributed by atoms with Crippen LogP contribution in [0, 0.1) is 0 Å². The lowest BCUT2D eigenvalue weighted by atomic mass is 10.2. The number of ether oxygens (including phenoxy) is 1. The summed E-state index contributed by atoms with van der Waals surface area (Å²) in [5.74, 6) is 2.11. The van der Waals surface area contributed by atoms with Gasteiger partial charge in [0.2, 0.25) is 11.8 Å². The van der Waals surface area contributed by atoms with Crippen molar-refractivity contribution in [3.8, 4) is 28.5 Å². The van der Waals surface area contributed by atoms with E-state index in [2.05, 4.69) is 40.6 Å². The third-order valence-electron chi connectivity index (χ3n) is 5.38. The van der Waals surface area contributed by atoms with E-state index in [-0.39, 0.29) is 5.82 Å². The fourth-order valence-corrected chi connectivity index (χ4v) is 3.40. The molecule has 0 unspecified atom stereocenters. The minimum atomic E-state index is 0.283. The SMILES string of the molecule is CN(C)CCOc1nc(NCc2cc(-c3ccncn3)no2)nc(N)c1-c1cc(C2CC2)[nH]n1. The second kappa shape index (κ2) is 9.43. The minimum absolute atomic E-state index is 0.283. The predicted molar refractivity (Wildman–Crippen MR) is 125 cm³/mol. The monoisotopic (exact) mass is 462 g/mol. The third kappa shape index (κ3) is 4.96. The Labute approximate surface area is 196 Å². The molecule has 176 valence electrons. The number of hydrogen-bond donors (Lipinski definition) is 3. The van der Waals surface area contributed by atoms with E-state index in [0.29, 0.717) is 59.3 Å². The molecule has 1 saturated carbocycles. The topological polar surface area (TPSA) is 157 Å². The number of likely N-dealkylation sites (N-methyl/N-ethyl adjacent to an activating group) is 1. The van der Waals surface area contributed by atoms with Gasteiger partial charge in [-0.2, -0.15) is 15.1 Å². The first-order valence-electron chi connectivity index (χ1n) is 11.0. The molecule has 0 aliphatic heterocycles. The molecule has 4 aromatic heterocycles. The summed E-state index contributed by atoms with van der Waals surface area (Å²) in [7, 11) is 3.96. The van der Waals surface area contributed by atoms with Gasteiger partial charge in [-0.05, 0) is 39.1 Å². The number of nitrogen functional groups attached to an aromatic ring is 1. The van der Waals surface area contributed by atoms with Gasteiger partial charge in [-0.25, -0.2) is 9.97 Å². The first kappa shape index (κ1) is 21.8. The third-order valence-corrected chi connectivity index (χ3v) is 5.38. The molecule has 0 atom stereocenters. The molecular formula is C22H26N10O2. The molecule has 1 fully saturated rings. The lowest BCUT2D eigenvalue weighted by molar-refractivity contribution is 0.255. The smallest absolute Gasteiger partial charge is 0.230 e. The molecule has 12 heteroatoms. The first-order chi connectivity index (χ1) is 16.6. The van der Waals surface area contributed by atoms with Crippen molar-refractivity contribution >= 4 is 11.8 Å². The van der Waals surface area contributed by atoms with Crippen molar-refractivity contribution in [2.75, 3.05) is 38.3 Å². The zero-order chi connectivity index (χ0) is 23.5. The van der Waals surface area contributed by atoms with E-state index in [1.54, 1.807) is 18.3 Å². The van der Waals surface area contributed by atoms with Gasteiger partial charge in [-0.3, -0.25) is 5.10 Å². The Hall–Kier alpha value is -4.06. The van der Waals surface area contributed by atoms with Crippen LogP contribution in [0.2, 0.25) is 0 Å². The summed E-state index contributed by atoms with van der Waals surface area (Å²) in [5, 5.41) is 14.7. The summed E-state index contributed by atoms with van der Waals surface area (Å²) >= 11 is 0. The molecule has 0 saturated heterocycles. The van der Waals surface area contributed by atoms with Crippen molar-refractivity contribution in [1.29, 1.82) is 0 Å². The van der Waals surface area contributed by atoms with Crippen molar-refractivity contribution in [2.24, 2.45) is 0 Å². The van der Waals surface area contributed by atoms with Gasteiger partial charge in [-0.1, -0.05) is 5.16 Å². The molecule has 5 rings (SSSR count). The maximum atomic E-state index is 6.35. The van der Waals surface area contributed by atoms with Gasteiger partial charge in [0.15, 0.2) is 5.76 Å². The van der Waals surface area contributed by atoms with Crippen LogP contribution in [0.1, 0.15) is 30.2 Å². The van der Waals surface area contributed by atoms with Gasteiger partial charge in [-0.15, -0.1) is 0 Å². The van der Waals surface area contributed by atoms with Crippen molar-refractivity contribution in [3.63, 3.8) is 0 Å². The van der Waals surface area contributed by atoms with Crippen LogP contribution in [0.5, 0.6) is 5.88 Å². The van der Waals surface area contributed by atoms with Gasteiger partial charge >= 0.3 is 0 Å². The number of rotatable bonds is 10. The van der Waals surface area contributed by atoms with Crippen LogP contribution in [0.15, 0.2) is 35.2 Å². The number of nitrogens with zero attached hydrogens (tertiary/aromatic N) is 7. The number of H-pyrrole nitrogens is 1. The summed E-state index contributed by atoms with van der Waals surface area (Å²) < 4.78 is 11.4. The van der Waals surface area contributed by atoms with Gasteiger partial charge in [0.05, 0.1) is 12.2 Å². The van der Waals surface area contributed by atoms with Crippen LogP contribution in [0.3, 0.4) is 0 Å². The fraction of sp³-hybridized carbons (Fsp3) is 0.364. The molecule has 1 aliphatic carbocycles. The van der Waals surface area contributed by atoms with E-state index in [9.17, 15) is 0 Å². The Bertz CT molecular complexity index is 1250. The van der Waals surface area contributed by atoms with Crippen molar-refractivity contribution in [1.82, 2.24) is 40.2 Å². The molecule has 0 aromatic carbocycles. The first-order valence-corrected chi connectivity index (χ1v) is 11.0. The zero-order valence-electron chi connectivity index (χ0n) is 19.0. The quantitative estimate of drug-likeness (QED) is 0.318. The molecule has 0 radical (unpaired) electrons. The molecule has 4 aromatic rings. The number of nitrogens with two attached hydrogens (primary N) is 1. The number of hydrogen-bond acceptors (Lipinski definition) is 11. The summed E-state index contributed by atoms with van der Waals surface area (Å²) in [6.45, 7) is 1.48. The molecule has 34 heavy (non-hydrogen) atoms. The van der Waals surface area contributed by atoms with E-state index in [1.165, 1.54) is 19.2 Å². The van der Waals surface area contributed by atoms with Crippen LogP contribution >= 0.6 is 0 Å². The Balaban J connectivity index is 1.35. The van der Waals surface area contributed by atoms with Gasteiger partial charge in [0, 0.05) is 30.4 Å². The summed E-state index contributed by atoms with van der Waals surface area (Å²) in [6.07, 6.45) is 5.45. The van der Waals surface area contributed by atoms with Crippen LogP contribution in [-0.4, -0.2) is 67.4 Å². The predicted octanol–water partition coefficient (Wildman–Crippen LogP) is 2.32. The molecule has 1 aliphatic rings. The highest BCUT2D eigenvalue weighted by Gasteiger charge is 2.27. The lowest BCUT2D eigenvalue weighted by Gasteiger charge is -2.14. The lowest BCUT2D eigenvalue weighted by Crippen LogP contribution is -2.20. The van der Waals surface area contributed by atoms with Crippen LogP contribution < -0.4 is 15.8 Å². The Kier molecular flexibility index (Phi) is 6.04. The highest BCUT2D eigenvalue weighted by molar-refractivity contribution is 5.77. The van der Waals surface area contributed by atoms with Gasteiger partial charge in [0.1, 0.15) is 35.7 Å². The average molecular weight is 463 g/mol. The summed E-state index contributed by atoms with van der Waals surface area (Å²) in [5.41, 5.74) is 10.0. The van der Waals surface area contributed by atoms with Crippen molar-refractivity contribution < 1.29 is 9.26 Å². The van der Waals surface area contributed by atoms with Gasteiger partial charge in [0.25, 0.3) is 0 Å². The molecule has 0 amide bonds. The summed E-state index contributed by atoms with van der Waals surface area (Å²) in [6, 6.07) is 5.56. The maximum absolute atomic E-state index is 6.35. The van der Waals surface area contributed by atoms with Crippen molar-refractivity contribution in [2.45, 2.75) is 25.3 Å². The molecule has 12 nitrogen and oxygen atoms in total. The van der Waals surface area contributed by atoms with E-state index in [1.807, 2.05) is 25.1 Å². The van der Waals surface area contributed by atoms with Crippen LogP contribution in [0.4, 0.5) is 11.8 Å². The maximum Gasteiger partial charge on any atom is 0.230 e. The average Bonchev–Trinajstić information content (AvgIpc) is 3.37. The van der Waals surface area contributed by atoms with E-state index < -0.39 is 0 Å². The number of nitrogens with one attached hydrogen (secondary N) is 2. The molecule has 4 heterocycles. The standard InChI is InChI=1S/C22H26N10O2/c1-32(2)7-8-33-21-19(18-10-16(29-30-18)13-3-4-13)20(23)27-22(28-21)25-11-14-9-17(31-34-14)15-5-6-24-12-26-15/h5-6,9-10,12-13H,3-4,7-8,11H2,1-2H3,(H,29,30)(H3,23,25,27,28). The Morgan fingerprint density at radius 1 is 1.21 bits per heavy atom. The number of anilines is 2. The highest BCUT2D eigenvalue weighted by Crippen LogP contribution is 2.41. The fourth-order valence-electron chi connectivity index (χ4n) is 3.40. The van der Waals surface area contributed by atoms with E-state index in [4.69, 9.17) is 15.0 Å². The van der Waals surface area contributed by atoms with Gasteiger partial charge < -0.3 is 25.2 Å². The molecular weight excluding hydrogens is 436 g/mol. The van der Waals surface area contributed by atoms with E-state index in [0.717, 1.165) is 12.2 Å². The molecule has 0 bridgehead atoms. The zero-order valence-corrected chi connectivity index (χ0v) is 19.0. The molecule has 0 spiro atoms. The van der Waals surface area contributed by atoms with E-state index >= 15 is 0 Å². The second-order valence-electron chi connectivity index (χ2n) is 8.37. The molecule has 4 N–H and O–H groups in total. The Morgan fingerprint density at radius 2 is 2.09 bits per heavy atom. The van der Waals surface area contributed by atoms with Crippen molar-refractivity contribution in [3.05, 3.63) is 42.2 Å². The normalized spacial score (nSPS) is 13.4. The highest BCUT2D eigenvalue weighted by atomic mass is 16.5. The second-order valence-corrected chi connectivity index (χ2v) is 8.37. The minimum Gasteiger partial charge on any atom is -0.476 e. The number of aromatic nitrogens is 7. The van der Waals surface area contributed by atoms with Crippen LogP contribution in [0.25, 0.3) is 22.6 Å². The largest absolute Gasteiger partial charge is 0.476 e. The van der Waals surface area contributed by atoms with Crippen LogP contribution in [-0.2, 0) is 6.54 Å². The Morgan fingerprint density at radius 3 is 2.85 bits per heavy atom. The summed E-state index contributed by atoms with van der Waals surface area (Å²) in [4.78, 5) is 19.1. The number of aromatic amines is 1.